The number of aliphatic carboxylic acids is 1. The number of carbonyl (C=O) groups is 3. The van der Waals surface area contributed by atoms with Gasteiger partial charge in [0.15, 0.2) is 0 Å². The van der Waals surface area contributed by atoms with Crippen LogP contribution in [0.3, 0.4) is 0 Å². The van der Waals surface area contributed by atoms with Gasteiger partial charge in [-0.05, 0) is 68.7 Å². The van der Waals surface area contributed by atoms with Crippen LogP contribution in [0.15, 0.2) is 24.3 Å². The van der Waals surface area contributed by atoms with E-state index in [1.165, 1.54) is 12.1 Å². The molecule has 1 saturated carbocycles. The molecule has 4 atom stereocenters. The molecular formula is C25H34F3N3O4. The van der Waals surface area contributed by atoms with Crippen LogP contribution in [0.1, 0.15) is 68.3 Å². The Morgan fingerprint density at radius 1 is 1.20 bits per heavy atom. The summed E-state index contributed by atoms with van der Waals surface area (Å²) in [6.45, 7) is 5.53. The van der Waals surface area contributed by atoms with Crippen molar-refractivity contribution in [2.75, 3.05) is 13.1 Å². The molecule has 1 aliphatic heterocycles. The fourth-order valence-electron chi connectivity index (χ4n) is 5.11. The van der Waals surface area contributed by atoms with Gasteiger partial charge in [0.2, 0.25) is 5.91 Å². The van der Waals surface area contributed by atoms with Crippen LogP contribution in [0.25, 0.3) is 0 Å². The summed E-state index contributed by atoms with van der Waals surface area (Å²) < 4.78 is 39.0. The molecule has 0 unspecified atom stereocenters. The first-order valence-electron chi connectivity index (χ1n) is 12.2. The van der Waals surface area contributed by atoms with Crippen LogP contribution in [-0.4, -0.2) is 59.0 Å². The van der Waals surface area contributed by atoms with Gasteiger partial charge in [0.1, 0.15) is 6.04 Å². The summed E-state index contributed by atoms with van der Waals surface area (Å²) in [6, 6.07) is 3.46. The molecule has 3 N–H and O–H groups in total. The molecule has 1 aromatic carbocycles. The Morgan fingerprint density at radius 2 is 1.94 bits per heavy atom. The van der Waals surface area contributed by atoms with Gasteiger partial charge in [0, 0.05) is 30.6 Å². The fourth-order valence-corrected chi connectivity index (χ4v) is 5.11. The van der Waals surface area contributed by atoms with E-state index in [1.807, 2.05) is 0 Å². The van der Waals surface area contributed by atoms with Crippen molar-refractivity contribution in [3.05, 3.63) is 35.4 Å². The molecule has 35 heavy (non-hydrogen) atoms. The summed E-state index contributed by atoms with van der Waals surface area (Å²) in [5.74, 6) is -1.34. The van der Waals surface area contributed by atoms with Gasteiger partial charge < -0.3 is 20.6 Å². The molecule has 0 aromatic heterocycles. The lowest BCUT2D eigenvalue weighted by atomic mass is 9.78. The van der Waals surface area contributed by atoms with Crippen molar-refractivity contribution in [1.82, 2.24) is 15.5 Å². The number of nitrogens with one attached hydrogen (secondary N) is 2. The van der Waals surface area contributed by atoms with E-state index in [2.05, 4.69) is 24.5 Å². The van der Waals surface area contributed by atoms with Gasteiger partial charge in [-0.25, -0.2) is 0 Å². The first kappa shape index (κ1) is 27.0. The summed E-state index contributed by atoms with van der Waals surface area (Å²) >= 11 is 0. The zero-order valence-electron chi connectivity index (χ0n) is 20.1. The van der Waals surface area contributed by atoms with Gasteiger partial charge in [-0.3, -0.25) is 14.4 Å². The second-order valence-electron chi connectivity index (χ2n) is 10.00. The molecule has 2 aliphatic rings. The van der Waals surface area contributed by atoms with E-state index in [9.17, 15) is 32.7 Å². The molecular weight excluding hydrogens is 463 g/mol. The number of hydrogen-bond donors (Lipinski definition) is 3. The van der Waals surface area contributed by atoms with Crippen molar-refractivity contribution in [1.29, 1.82) is 0 Å². The van der Waals surface area contributed by atoms with Gasteiger partial charge in [0.25, 0.3) is 5.91 Å². The summed E-state index contributed by atoms with van der Waals surface area (Å²) in [5.41, 5.74) is -1.07. The van der Waals surface area contributed by atoms with E-state index in [4.69, 9.17) is 0 Å². The highest BCUT2D eigenvalue weighted by molar-refractivity contribution is 5.98. The van der Waals surface area contributed by atoms with Gasteiger partial charge >= 0.3 is 12.1 Å². The minimum atomic E-state index is -4.57. The van der Waals surface area contributed by atoms with Crippen molar-refractivity contribution in [2.24, 2.45) is 11.8 Å². The highest BCUT2D eigenvalue weighted by Gasteiger charge is 2.42. The predicted octanol–water partition coefficient (Wildman–Crippen LogP) is 3.68. The minimum Gasteiger partial charge on any atom is -0.481 e. The lowest BCUT2D eigenvalue weighted by Crippen LogP contribution is -2.51. The summed E-state index contributed by atoms with van der Waals surface area (Å²) in [7, 11) is 0. The van der Waals surface area contributed by atoms with Crippen LogP contribution in [0.4, 0.5) is 13.2 Å². The number of benzene rings is 1. The van der Waals surface area contributed by atoms with Crippen molar-refractivity contribution in [2.45, 2.75) is 76.7 Å². The number of rotatable bonds is 9. The minimum absolute atomic E-state index is 0.0198. The largest absolute Gasteiger partial charge is 0.481 e. The highest BCUT2D eigenvalue weighted by atomic mass is 19.4. The molecule has 1 aromatic rings. The van der Waals surface area contributed by atoms with Gasteiger partial charge in [-0.1, -0.05) is 19.9 Å². The van der Waals surface area contributed by atoms with E-state index < -0.39 is 29.7 Å². The maximum absolute atomic E-state index is 13.2. The Kier molecular flexibility index (Phi) is 8.79. The summed E-state index contributed by atoms with van der Waals surface area (Å²) in [4.78, 5) is 38.7. The zero-order valence-corrected chi connectivity index (χ0v) is 20.1. The summed E-state index contributed by atoms with van der Waals surface area (Å²) in [6.07, 6.45) is -1.34. The molecule has 0 spiro atoms. The third-order valence-electron chi connectivity index (χ3n) is 6.88. The third-order valence-corrected chi connectivity index (χ3v) is 6.88. The second kappa shape index (κ2) is 11.4. The SMILES string of the molecule is CC(C)CN[C@@H]1CC[C@H](N2CC[C@H](NC(=O)c3cccc(C(F)(F)F)c3)C2=O)[C@@H](CCC(=O)O)C1. The Hall–Kier alpha value is -2.62. The smallest absolute Gasteiger partial charge is 0.416 e. The van der Waals surface area contributed by atoms with E-state index in [0.29, 0.717) is 25.3 Å². The van der Waals surface area contributed by atoms with E-state index in [1.54, 1.807) is 4.90 Å². The van der Waals surface area contributed by atoms with Gasteiger partial charge in [0.05, 0.1) is 5.56 Å². The van der Waals surface area contributed by atoms with Crippen LogP contribution in [0.2, 0.25) is 0 Å². The van der Waals surface area contributed by atoms with E-state index >= 15 is 0 Å². The van der Waals surface area contributed by atoms with Crippen molar-refractivity contribution in [3.63, 3.8) is 0 Å². The number of hydrogen-bond acceptors (Lipinski definition) is 4. The molecule has 10 heteroatoms. The van der Waals surface area contributed by atoms with Gasteiger partial charge in [-0.15, -0.1) is 0 Å². The van der Waals surface area contributed by atoms with Crippen LogP contribution in [0, 0.1) is 11.8 Å². The first-order valence-corrected chi connectivity index (χ1v) is 12.2. The van der Waals surface area contributed by atoms with E-state index in [0.717, 1.165) is 37.9 Å². The molecule has 2 fully saturated rings. The van der Waals surface area contributed by atoms with Crippen molar-refractivity contribution < 1.29 is 32.7 Å². The molecule has 1 saturated heterocycles. The molecule has 1 heterocycles. The molecule has 0 radical (unpaired) electrons. The topological polar surface area (TPSA) is 98.7 Å². The number of halogens is 3. The Morgan fingerprint density at radius 3 is 2.60 bits per heavy atom. The molecule has 194 valence electrons. The number of carboxylic acid groups (broad SMARTS) is 1. The van der Waals surface area contributed by atoms with Crippen LogP contribution in [0.5, 0.6) is 0 Å². The van der Waals surface area contributed by atoms with Crippen LogP contribution in [-0.2, 0) is 15.8 Å². The fraction of sp³-hybridized carbons (Fsp3) is 0.640. The monoisotopic (exact) mass is 497 g/mol. The Labute approximate surface area is 203 Å². The van der Waals surface area contributed by atoms with Crippen molar-refractivity contribution in [3.8, 4) is 0 Å². The predicted molar refractivity (Wildman–Crippen MR) is 124 cm³/mol. The lowest BCUT2D eigenvalue weighted by Gasteiger charge is -2.41. The van der Waals surface area contributed by atoms with Gasteiger partial charge in [-0.2, -0.15) is 13.2 Å². The number of likely N-dealkylation sites (tertiary alicyclic amines) is 1. The number of nitrogens with zero attached hydrogens (tertiary/aromatic N) is 1. The van der Waals surface area contributed by atoms with Crippen LogP contribution >= 0.6 is 0 Å². The lowest BCUT2D eigenvalue weighted by molar-refractivity contribution is -0.138. The van der Waals surface area contributed by atoms with Crippen molar-refractivity contribution >= 4 is 17.8 Å². The zero-order chi connectivity index (χ0) is 25.8. The van der Waals surface area contributed by atoms with Crippen LogP contribution < -0.4 is 10.6 Å². The Bertz CT molecular complexity index is 921. The maximum atomic E-state index is 13.2. The molecule has 1 aliphatic carbocycles. The maximum Gasteiger partial charge on any atom is 0.416 e. The standard InChI is InChI=1S/C25H34F3N3O4/c1-15(2)14-29-19-7-8-21(16(13-19)6-9-22(32)33)31-11-10-20(24(31)35)30-23(34)17-4-3-5-18(12-17)25(26,27)28/h3-5,12,15-16,19-21,29H,6-11,13-14H2,1-2H3,(H,30,34)(H,32,33)/t16-,19+,20-,21-/m0/s1. The molecule has 0 bridgehead atoms. The average Bonchev–Trinajstić information content (AvgIpc) is 3.15. The molecule has 7 nitrogen and oxygen atoms in total. The number of amides is 2. The Balaban J connectivity index is 1.65. The highest BCUT2D eigenvalue weighted by Crippen LogP contribution is 2.35. The summed E-state index contributed by atoms with van der Waals surface area (Å²) in [5, 5.41) is 15.3. The third kappa shape index (κ3) is 7.19. The quantitative estimate of drug-likeness (QED) is 0.484. The van der Waals surface area contributed by atoms with E-state index in [-0.39, 0.29) is 35.9 Å². The average molecular weight is 498 g/mol. The number of carbonyl (C=O) groups excluding carboxylic acids is 2. The second-order valence-corrected chi connectivity index (χ2v) is 10.00. The first-order chi connectivity index (χ1) is 16.5. The normalized spacial score (nSPS) is 25.2. The molecule has 2 amide bonds. The number of alkyl halides is 3. The molecule has 3 rings (SSSR count). The number of carboxylic acids is 1.